The molecule has 1 aromatic heterocycles. The standard InChI is InChI=1S/C9H14N4O/c14-9(8-11-6-12-13-8)10-5-7-3-1-2-4-7/h6-7H,1-5H2,(H,10,14)(H,11,12,13). The van der Waals surface area contributed by atoms with Crippen LogP contribution >= 0.6 is 0 Å². The number of amides is 1. The van der Waals surface area contributed by atoms with Crippen molar-refractivity contribution in [2.24, 2.45) is 5.92 Å². The summed E-state index contributed by atoms with van der Waals surface area (Å²) in [5.41, 5.74) is 0. The van der Waals surface area contributed by atoms with E-state index in [-0.39, 0.29) is 5.91 Å². The predicted octanol–water partition coefficient (Wildman–Crippen LogP) is 0.725. The molecule has 1 saturated carbocycles. The summed E-state index contributed by atoms with van der Waals surface area (Å²) in [7, 11) is 0. The van der Waals surface area contributed by atoms with Crippen LogP contribution in [-0.2, 0) is 0 Å². The zero-order valence-corrected chi connectivity index (χ0v) is 7.99. The number of aromatic nitrogens is 3. The number of carbonyl (C=O) groups is 1. The van der Waals surface area contributed by atoms with E-state index in [2.05, 4.69) is 20.5 Å². The molecule has 2 N–H and O–H groups in total. The summed E-state index contributed by atoms with van der Waals surface area (Å²) >= 11 is 0. The Morgan fingerprint density at radius 1 is 1.57 bits per heavy atom. The van der Waals surface area contributed by atoms with Crippen LogP contribution in [0.4, 0.5) is 0 Å². The van der Waals surface area contributed by atoms with E-state index in [1.807, 2.05) is 0 Å². The van der Waals surface area contributed by atoms with E-state index in [0.717, 1.165) is 6.54 Å². The van der Waals surface area contributed by atoms with E-state index in [4.69, 9.17) is 0 Å². The lowest BCUT2D eigenvalue weighted by Crippen LogP contribution is -2.29. The number of rotatable bonds is 3. The number of aromatic amines is 1. The molecular formula is C9H14N4O. The maximum Gasteiger partial charge on any atom is 0.288 e. The van der Waals surface area contributed by atoms with Gasteiger partial charge in [-0.3, -0.25) is 9.89 Å². The van der Waals surface area contributed by atoms with Gasteiger partial charge in [0.05, 0.1) is 0 Å². The number of nitrogens with one attached hydrogen (secondary N) is 2. The monoisotopic (exact) mass is 194 g/mol. The molecule has 1 aliphatic carbocycles. The maximum absolute atomic E-state index is 11.4. The first kappa shape index (κ1) is 9.18. The fraction of sp³-hybridized carbons (Fsp3) is 0.667. The minimum Gasteiger partial charge on any atom is -0.349 e. The molecule has 14 heavy (non-hydrogen) atoms. The molecule has 0 radical (unpaired) electrons. The first-order valence-electron chi connectivity index (χ1n) is 5.00. The van der Waals surface area contributed by atoms with Crippen LogP contribution in [0, 0.1) is 5.92 Å². The largest absolute Gasteiger partial charge is 0.349 e. The maximum atomic E-state index is 11.4. The zero-order valence-electron chi connectivity index (χ0n) is 7.99. The molecule has 5 heteroatoms. The van der Waals surface area contributed by atoms with Crippen LogP contribution in [0.1, 0.15) is 36.3 Å². The lowest BCUT2D eigenvalue weighted by atomic mass is 10.1. The third kappa shape index (κ3) is 2.10. The molecule has 0 unspecified atom stereocenters. The predicted molar refractivity (Wildman–Crippen MR) is 50.7 cm³/mol. The topological polar surface area (TPSA) is 70.7 Å². The van der Waals surface area contributed by atoms with E-state index < -0.39 is 0 Å². The zero-order chi connectivity index (χ0) is 9.80. The van der Waals surface area contributed by atoms with Crippen LogP contribution in [0.5, 0.6) is 0 Å². The summed E-state index contributed by atoms with van der Waals surface area (Å²) in [6.45, 7) is 0.763. The Morgan fingerprint density at radius 2 is 2.36 bits per heavy atom. The molecule has 0 atom stereocenters. The second-order valence-electron chi connectivity index (χ2n) is 3.69. The third-order valence-corrected chi connectivity index (χ3v) is 2.66. The Kier molecular flexibility index (Phi) is 2.76. The minimum absolute atomic E-state index is 0.158. The molecule has 2 rings (SSSR count). The summed E-state index contributed by atoms with van der Waals surface area (Å²) in [6.07, 6.45) is 6.39. The third-order valence-electron chi connectivity index (χ3n) is 2.66. The van der Waals surface area contributed by atoms with Crippen molar-refractivity contribution >= 4 is 5.91 Å². The highest BCUT2D eigenvalue weighted by molar-refractivity contribution is 5.90. The molecule has 1 fully saturated rings. The van der Waals surface area contributed by atoms with Gasteiger partial charge in [-0.25, -0.2) is 4.98 Å². The summed E-state index contributed by atoms with van der Waals surface area (Å²) in [6, 6.07) is 0. The SMILES string of the molecule is O=C(NCC1CCCC1)c1ncn[nH]1. The number of H-pyrrole nitrogens is 1. The Morgan fingerprint density at radius 3 is 3.00 bits per heavy atom. The summed E-state index contributed by atoms with van der Waals surface area (Å²) < 4.78 is 0. The Hall–Kier alpha value is -1.39. The van der Waals surface area contributed by atoms with Crippen molar-refractivity contribution in [3.05, 3.63) is 12.2 Å². The molecule has 1 aromatic rings. The van der Waals surface area contributed by atoms with Crippen LogP contribution < -0.4 is 5.32 Å². The van der Waals surface area contributed by atoms with Gasteiger partial charge in [0.25, 0.3) is 5.91 Å². The molecule has 76 valence electrons. The second-order valence-corrected chi connectivity index (χ2v) is 3.69. The average molecular weight is 194 g/mol. The van der Waals surface area contributed by atoms with E-state index >= 15 is 0 Å². The highest BCUT2D eigenvalue weighted by Gasteiger charge is 2.16. The quantitative estimate of drug-likeness (QED) is 0.745. The van der Waals surface area contributed by atoms with Crippen LogP contribution in [0.15, 0.2) is 6.33 Å². The van der Waals surface area contributed by atoms with E-state index in [1.54, 1.807) is 0 Å². The summed E-state index contributed by atoms with van der Waals surface area (Å²) in [5.74, 6) is 0.791. The lowest BCUT2D eigenvalue weighted by molar-refractivity contribution is 0.0937. The smallest absolute Gasteiger partial charge is 0.288 e. The Bertz CT molecular complexity index is 290. The van der Waals surface area contributed by atoms with Gasteiger partial charge in [0, 0.05) is 6.54 Å². The fourth-order valence-corrected chi connectivity index (χ4v) is 1.85. The van der Waals surface area contributed by atoms with E-state index in [1.165, 1.54) is 32.0 Å². The van der Waals surface area contributed by atoms with Crippen LogP contribution in [0.2, 0.25) is 0 Å². The molecule has 1 amide bonds. The van der Waals surface area contributed by atoms with Gasteiger partial charge in [-0.2, -0.15) is 5.10 Å². The van der Waals surface area contributed by atoms with Gasteiger partial charge in [0.2, 0.25) is 5.82 Å². The molecule has 1 heterocycles. The molecule has 0 aliphatic heterocycles. The van der Waals surface area contributed by atoms with Gasteiger partial charge in [0.1, 0.15) is 6.33 Å². The molecule has 0 saturated heterocycles. The number of hydrogen-bond acceptors (Lipinski definition) is 3. The van der Waals surface area contributed by atoms with Crippen molar-refractivity contribution in [3.63, 3.8) is 0 Å². The second kappa shape index (κ2) is 4.21. The van der Waals surface area contributed by atoms with Crippen molar-refractivity contribution in [2.75, 3.05) is 6.54 Å². The fourth-order valence-electron chi connectivity index (χ4n) is 1.85. The molecule has 1 aliphatic rings. The van der Waals surface area contributed by atoms with Gasteiger partial charge in [-0.1, -0.05) is 12.8 Å². The molecule has 5 nitrogen and oxygen atoms in total. The normalized spacial score (nSPS) is 17.1. The summed E-state index contributed by atoms with van der Waals surface area (Å²) in [4.78, 5) is 15.2. The first-order chi connectivity index (χ1) is 6.86. The number of carbonyl (C=O) groups excluding carboxylic acids is 1. The molecular weight excluding hydrogens is 180 g/mol. The van der Waals surface area contributed by atoms with Crippen molar-refractivity contribution in [3.8, 4) is 0 Å². The number of hydrogen-bond donors (Lipinski definition) is 2. The Balaban J connectivity index is 1.78. The van der Waals surface area contributed by atoms with Gasteiger partial charge < -0.3 is 5.32 Å². The van der Waals surface area contributed by atoms with Crippen LogP contribution in [0.3, 0.4) is 0 Å². The first-order valence-corrected chi connectivity index (χ1v) is 5.00. The average Bonchev–Trinajstić information content (AvgIpc) is 2.87. The van der Waals surface area contributed by atoms with Gasteiger partial charge >= 0.3 is 0 Å². The van der Waals surface area contributed by atoms with Crippen LogP contribution in [0.25, 0.3) is 0 Å². The highest BCUT2D eigenvalue weighted by Crippen LogP contribution is 2.23. The van der Waals surface area contributed by atoms with Crippen LogP contribution in [-0.4, -0.2) is 27.6 Å². The molecule has 0 spiro atoms. The van der Waals surface area contributed by atoms with Crippen molar-refractivity contribution in [1.29, 1.82) is 0 Å². The van der Waals surface area contributed by atoms with E-state index in [0.29, 0.717) is 11.7 Å². The van der Waals surface area contributed by atoms with Gasteiger partial charge in [0.15, 0.2) is 0 Å². The van der Waals surface area contributed by atoms with Crippen molar-refractivity contribution in [2.45, 2.75) is 25.7 Å². The summed E-state index contributed by atoms with van der Waals surface area (Å²) in [5, 5.41) is 9.02. The molecule has 0 aromatic carbocycles. The van der Waals surface area contributed by atoms with Crippen molar-refractivity contribution < 1.29 is 4.79 Å². The number of nitrogens with zero attached hydrogens (tertiary/aromatic N) is 2. The van der Waals surface area contributed by atoms with Crippen molar-refractivity contribution in [1.82, 2.24) is 20.5 Å². The minimum atomic E-state index is -0.158. The highest BCUT2D eigenvalue weighted by atomic mass is 16.2. The van der Waals surface area contributed by atoms with Gasteiger partial charge in [-0.15, -0.1) is 0 Å². The van der Waals surface area contributed by atoms with E-state index in [9.17, 15) is 4.79 Å². The Labute approximate surface area is 82.3 Å². The lowest BCUT2D eigenvalue weighted by Gasteiger charge is -2.08. The van der Waals surface area contributed by atoms with Gasteiger partial charge in [-0.05, 0) is 18.8 Å². The molecule has 0 bridgehead atoms.